The summed E-state index contributed by atoms with van der Waals surface area (Å²) in [6, 6.07) is 5.51. The maximum Gasteiger partial charge on any atom is 0.303 e. The molecule has 0 aliphatic heterocycles. The van der Waals surface area contributed by atoms with Gasteiger partial charge in [0, 0.05) is 6.42 Å². The van der Waals surface area contributed by atoms with Crippen LogP contribution in [0.5, 0.6) is 0 Å². The lowest BCUT2D eigenvalue weighted by molar-refractivity contribution is -0.139. The van der Waals surface area contributed by atoms with Gasteiger partial charge in [0.25, 0.3) is 0 Å². The van der Waals surface area contributed by atoms with Crippen LogP contribution in [0.4, 0.5) is 10.1 Å². The van der Waals surface area contributed by atoms with Crippen LogP contribution in [0.3, 0.4) is 0 Å². The summed E-state index contributed by atoms with van der Waals surface area (Å²) in [5.41, 5.74) is -0.592. The maximum absolute atomic E-state index is 13.6. The number of aliphatic carboxylic acids is 1. The number of carbonyl (C=O) groups is 2. The summed E-state index contributed by atoms with van der Waals surface area (Å²) in [6.07, 6.45) is -0.199. The first-order chi connectivity index (χ1) is 9.23. The molecule has 5 nitrogen and oxygen atoms in total. The van der Waals surface area contributed by atoms with E-state index in [0.717, 1.165) is 6.07 Å². The molecule has 0 aliphatic rings. The van der Waals surface area contributed by atoms with E-state index < -0.39 is 23.1 Å². The average Bonchev–Trinajstić information content (AvgIpc) is 2.29. The first kappa shape index (κ1) is 15.6. The standard InChI is InChI=1S/C14H15FN2O3/c1-14(2,7-13(19)20)6-12(18)17-11-4-3-9(8-16)5-10(11)15/h3-5H,6-7H2,1-2H3,(H,17,18)(H,19,20). The minimum Gasteiger partial charge on any atom is -0.481 e. The number of anilines is 1. The van der Waals surface area contributed by atoms with Crippen molar-refractivity contribution < 1.29 is 19.1 Å². The van der Waals surface area contributed by atoms with E-state index in [-0.39, 0.29) is 24.1 Å². The van der Waals surface area contributed by atoms with Crippen LogP contribution >= 0.6 is 0 Å². The number of carboxylic acids is 1. The van der Waals surface area contributed by atoms with Crippen LogP contribution in [-0.4, -0.2) is 17.0 Å². The lowest BCUT2D eigenvalue weighted by atomic mass is 9.85. The van der Waals surface area contributed by atoms with Crippen LogP contribution in [0.25, 0.3) is 0 Å². The van der Waals surface area contributed by atoms with Gasteiger partial charge in [-0.25, -0.2) is 4.39 Å². The van der Waals surface area contributed by atoms with Crippen molar-refractivity contribution in [2.24, 2.45) is 5.41 Å². The Bertz CT molecular complexity index is 576. The highest BCUT2D eigenvalue weighted by atomic mass is 19.1. The molecule has 0 bridgehead atoms. The fourth-order valence-corrected chi connectivity index (χ4v) is 1.79. The number of hydrogen-bond acceptors (Lipinski definition) is 3. The van der Waals surface area contributed by atoms with Gasteiger partial charge in [-0.2, -0.15) is 5.26 Å². The van der Waals surface area contributed by atoms with E-state index in [4.69, 9.17) is 10.4 Å². The highest BCUT2D eigenvalue weighted by molar-refractivity contribution is 5.91. The molecule has 1 rings (SSSR count). The van der Waals surface area contributed by atoms with Crippen molar-refractivity contribution in [2.45, 2.75) is 26.7 Å². The van der Waals surface area contributed by atoms with Crippen molar-refractivity contribution in [3.8, 4) is 6.07 Å². The minimum absolute atomic E-state index is 0.0277. The SMILES string of the molecule is CC(C)(CC(=O)O)CC(=O)Nc1ccc(C#N)cc1F. The van der Waals surface area contributed by atoms with Crippen LogP contribution in [-0.2, 0) is 9.59 Å². The Labute approximate surface area is 116 Å². The Morgan fingerprint density at radius 1 is 1.40 bits per heavy atom. The Hall–Kier alpha value is -2.42. The second-order valence-corrected chi connectivity index (χ2v) is 5.27. The van der Waals surface area contributed by atoms with Crippen LogP contribution in [0.2, 0.25) is 0 Å². The number of nitrogens with zero attached hydrogens (tertiary/aromatic N) is 1. The van der Waals surface area contributed by atoms with Crippen molar-refractivity contribution >= 4 is 17.6 Å². The number of rotatable bonds is 5. The highest BCUT2D eigenvalue weighted by Crippen LogP contribution is 2.26. The minimum atomic E-state index is -0.993. The fourth-order valence-electron chi connectivity index (χ4n) is 1.79. The van der Waals surface area contributed by atoms with E-state index in [9.17, 15) is 14.0 Å². The van der Waals surface area contributed by atoms with Gasteiger partial charge in [0.15, 0.2) is 0 Å². The highest BCUT2D eigenvalue weighted by Gasteiger charge is 2.25. The third-order valence-electron chi connectivity index (χ3n) is 2.64. The smallest absolute Gasteiger partial charge is 0.303 e. The van der Waals surface area contributed by atoms with Crippen LogP contribution in [0.15, 0.2) is 18.2 Å². The van der Waals surface area contributed by atoms with Crippen molar-refractivity contribution in [3.05, 3.63) is 29.6 Å². The molecule has 0 unspecified atom stereocenters. The van der Waals surface area contributed by atoms with E-state index in [1.807, 2.05) is 0 Å². The summed E-state index contributed by atoms with van der Waals surface area (Å²) in [5, 5.41) is 19.7. The third kappa shape index (κ3) is 4.69. The zero-order chi connectivity index (χ0) is 15.3. The molecular weight excluding hydrogens is 263 g/mol. The molecule has 106 valence electrons. The maximum atomic E-state index is 13.6. The number of halogens is 1. The van der Waals surface area contributed by atoms with Crippen molar-refractivity contribution in [3.63, 3.8) is 0 Å². The van der Waals surface area contributed by atoms with Gasteiger partial charge < -0.3 is 10.4 Å². The number of carbonyl (C=O) groups excluding carboxylic acids is 1. The molecule has 1 aromatic rings. The third-order valence-corrected chi connectivity index (χ3v) is 2.64. The molecule has 0 heterocycles. The van der Waals surface area contributed by atoms with Crippen molar-refractivity contribution in [1.29, 1.82) is 5.26 Å². The Morgan fingerprint density at radius 2 is 2.05 bits per heavy atom. The predicted molar refractivity (Wildman–Crippen MR) is 70.4 cm³/mol. The van der Waals surface area contributed by atoms with Gasteiger partial charge in [0.05, 0.1) is 23.7 Å². The van der Waals surface area contributed by atoms with Gasteiger partial charge >= 0.3 is 5.97 Å². The average molecular weight is 278 g/mol. The molecule has 0 radical (unpaired) electrons. The number of benzene rings is 1. The second kappa shape index (κ2) is 6.15. The van der Waals surface area contributed by atoms with Gasteiger partial charge in [0.1, 0.15) is 5.82 Å². The number of carboxylic acid groups (broad SMARTS) is 1. The molecule has 0 spiro atoms. The largest absolute Gasteiger partial charge is 0.481 e. The molecule has 0 fully saturated rings. The quantitative estimate of drug-likeness (QED) is 0.865. The monoisotopic (exact) mass is 278 g/mol. The summed E-state index contributed by atoms with van der Waals surface area (Å²) in [6.45, 7) is 3.30. The number of hydrogen-bond donors (Lipinski definition) is 2. The molecule has 1 aromatic carbocycles. The van der Waals surface area contributed by atoms with Gasteiger partial charge in [-0.1, -0.05) is 13.8 Å². The first-order valence-electron chi connectivity index (χ1n) is 5.95. The molecule has 1 amide bonds. The Kier molecular flexibility index (Phi) is 4.81. The van der Waals surface area contributed by atoms with Crippen molar-refractivity contribution in [2.75, 3.05) is 5.32 Å². The summed E-state index contributed by atoms with van der Waals surface area (Å²) in [5.74, 6) is -2.17. The van der Waals surface area contributed by atoms with Crippen LogP contribution in [0, 0.1) is 22.6 Å². The molecule has 6 heteroatoms. The lowest BCUT2D eigenvalue weighted by Crippen LogP contribution is -2.25. The molecule has 0 aliphatic carbocycles. The van der Waals surface area contributed by atoms with E-state index >= 15 is 0 Å². The molecule has 2 N–H and O–H groups in total. The summed E-state index contributed by atoms with van der Waals surface area (Å²) >= 11 is 0. The summed E-state index contributed by atoms with van der Waals surface area (Å²) in [7, 11) is 0. The summed E-state index contributed by atoms with van der Waals surface area (Å²) < 4.78 is 13.6. The molecule has 0 saturated heterocycles. The van der Waals surface area contributed by atoms with Gasteiger partial charge in [-0.15, -0.1) is 0 Å². The van der Waals surface area contributed by atoms with Gasteiger partial charge in [-0.05, 0) is 23.6 Å². The fraction of sp³-hybridized carbons (Fsp3) is 0.357. The molecule has 0 saturated carbocycles. The zero-order valence-corrected chi connectivity index (χ0v) is 11.2. The molecule has 20 heavy (non-hydrogen) atoms. The number of nitrogens with one attached hydrogen (secondary N) is 1. The van der Waals surface area contributed by atoms with Crippen LogP contribution < -0.4 is 5.32 Å². The number of nitriles is 1. The zero-order valence-electron chi connectivity index (χ0n) is 11.2. The Morgan fingerprint density at radius 3 is 2.55 bits per heavy atom. The van der Waals surface area contributed by atoms with Gasteiger partial charge in [-0.3, -0.25) is 9.59 Å². The van der Waals surface area contributed by atoms with Crippen LogP contribution in [0.1, 0.15) is 32.3 Å². The number of amides is 1. The molecule has 0 aromatic heterocycles. The van der Waals surface area contributed by atoms with E-state index in [1.165, 1.54) is 12.1 Å². The van der Waals surface area contributed by atoms with Gasteiger partial charge in [0.2, 0.25) is 5.91 Å². The second-order valence-electron chi connectivity index (χ2n) is 5.27. The first-order valence-corrected chi connectivity index (χ1v) is 5.95. The van der Waals surface area contributed by atoms with E-state index in [0.29, 0.717) is 0 Å². The topological polar surface area (TPSA) is 90.2 Å². The van der Waals surface area contributed by atoms with Crippen molar-refractivity contribution in [1.82, 2.24) is 0 Å². The Balaban J connectivity index is 2.72. The predicted octanol–water partition coefficient (Wildman–Crippen LogP) is 2.53. The lowest BCUT2D eigenvalue weighted by Gasteiger charge is -2.21. The molecule has 0 atom stereocenters. The van der Waals surface area contributed by atoms with E-state index in [2.05, 4.69) is 5.32 Å². The molecular formula is C14H15FN2O3. The normalized spacial score (nSPS) is 10.7. The summed E-state index contributed by atoms with van der Waals surface area (Å²) in [4.78, 5) is 22.4. The van der Waals surface area contributed by atoms with E-state index in [1.54, 1.807) is 19.9 Å².